The van der Waals surface area contributed by atoms with Crippen LogP contribution in [0.3, 0.4) is 0 Å². The lowest BCUT2D eigenvalue weighted by molar-refractivity contribution is 0.387. The van der Waals surface area contributed by atoms with Gasteiger partial charge in [0.1, 0.15) is 5.76 Å². The van der Waals surface area contributed by atoms with Crippen molar-refractivity contribution in [1.82, 2.24) is 5.32 Å². The number of rotatable bonds is 5. The van der Waals surface area contributed by atoms with E-state index in [2.05, 4.69) is 19.2 Å². The molecule has 1 aromatic carbocycles. The predicted molar refractivity (Wildman–Crippen MR) is 79.8 cm³/mol. The van der Waals surface area contributed by atoms with Crippen molar-refractivity contribution in [3.05, 3.63) is 58.0 Å². The Bertz CT molecular complexity index is 525. The third kappa shape index (κ3) is 3.53. The molecule has 0 fully saturated rings. The van der Waals surface area contributed by atoms with Gasteiger partial charge in [-0.1, -0.05) is 36.2 Å². The highest BCUT2D eigenvalue weighted by Gasteiger charge is 2.16. The van der Waals surface area contributed by atoms with Crippen molar-refractivity contribution in [3.8, 4) is 0 Å². The molecule has 4 heteroatoms. The minimum atomic E-state index is 0.148. The van der Waals surface area contributed by atoms with Crippen LogP contribution < -0.4 is 5.32 Å². The van der Waals surface area contributed by atoms with Crippen LogP contribution in [-0.2, 0) is 0 Å². The Labute approximate surface area is 123 Å². The van der Waals surface area contributed by atoms with E-state index in [0.29, 0.717) is 10.0 Å². The van der Waals surface area contributed by atoms with E-state index in [1.54, 1.807) is 6.26 Å². The first-order chi connectivity index (χ1) is 9.11. The monoisotopic (exact) mass is 297 g/mol. The quantitative estimate of drug-likeness (QED) is 0.800. The van der Waals surface area contributed by atoms with Gasteiger partial charge in [-0.05, 0) is 43.2 Å². The maximum Gasteiger partial charge on any atom is 0.120 e. The molecule has 0 aliphatic heterocycles. The van der Waals surface area contributed by atoms with Crippen molar-refractivity contribution in [2.45, 2.75) is 32.4 Å². The van der Waals surface area contributed by atoms with Gasteiger partial charge in [-0.15, -0.1) is 0 Å². The lowest BCUT2D eigenvalue weighted by atomic mass is 10.0. The first-order valence-corrected chi connectivity index (χ1v) is 7.11. The summed E-state index contributed by atoms with van der Waals surface area (Å²) in [6.07, 6.45) is 2.65. The van der Waals surface area contributed by atoms with Crippen LogP contribution >= 0.6 is 23.2 Å². The molecule has 0 amide bonds. The van der Waals surface area contributed by atoms with E-state index in [1.165, 1.54) is 0 Å². The molecular weight excluding hydrogens is 281 g/mol. The Morgan fingerprint density at radius 2 is 2.00 bits per heavy atom. The summed E-state index contributed by atoms with van der Waals surface area (Å²) >= 11 is 12.0. The normalized spacial score (nSPS) is 14.3. The zero-order valence-corrected chi connectivity index (χ0v) is 12.5. The molecule has 0 bridgehead atoms. The Morgan fingerprint density at radius 3 is 2.58 bits per heavy atom. The number of nitrogens with one attached hydrogen (secondary N) is 1. The number of hydrogen-bond donors (Lipinski definition) is 1. The van der Waals surface area contributed by atoms with Gasteiger partial charge in [-0.25, -0.2) is 0 Å². The van der Waals surface area contributed by atoms with Gasteiger partial charge in [0, 0.05) is 6.04 Å². The maximum absolute atomic E-state index is 6.07. The summed E-state index contributed by atoms with van der Waals surface area (Å²) in [7, 11) is 0. The summed E-state index contributed by atoms with van der Waals surface area (Å²) in [5.41, 5.74) is 1.13. The Kier molecular flexibility index (Phi) is 4.92. The highest BCUT2D eigenvalue weighted by Crippen LogP contribution is 2.28. The van der Waals surface area contributed by atoms with Crippen molar-refractivity contribution < 1.29 is 4.42 Å². The van der Waals surface area contributed by atoms with E-state index in [4.69, 9.17) is 27.6 Å². The van der Waals surface area contributed by atoms with Gasteiger partial charge in [-0.2, -0.15) is 0 Å². The molecular formula is C15H17Cl2NO. The van der Waals surface area contributed by atoms with Crippen molar-refractivity contribution in [2.75, 3.05) is 0 Å². The highest BCUT2D eigenvalue weighted by molar-refractivity contribution is 6.42. The molecule has 1 unspecified atom stereocenters. The van der Waals surface area contributed by atoms with E-state index in [1.807, 2.05) is 30.3 Å². The maximum atomic E-state index is 6.07. The molecule has 2 aromatic rings. The fourth-order valence-electron chi connectivity index (χ4n) is 2.10. The molecule has 0 saturated carbocycles. The van der Waals surface area contributed by atoms with Crippen molar-refractivity contribution in [3.63, 3.8) is 0 Å². The van der Waals surface area contributed by atoms with Gasteiger partial charge >= 0.3 is 0 Å². The first-order valence-electron chi connectivity index (χ1n) is 6.36. The molecule has 19 heavy (non-hydrogen) atoms. The van der Waals surface area contributed by atoms with Crippen molar-refractivity contribution >= 4 is 23.2 Å². The van der Waals surface area contributed by atoms with Gasteiger partial charge in [-0.3, -0.25) is 0 Å². The van der Waals surface area contributed by atoms with Gasteiger partial charge in [0.25, 0.3) is 0 Å². The lowest BCUT2D eigenvalue weighted by Crippen LogP contribution is -2.23. The summed E-state index contributed by atoms with van der Waals surface area (Å²) in [6, 6.07) is 9.99. The van der Waals surface area contributed by atoms with E-state index >= 15 is 0 Å². The smallest absolute Gasteiger partial charge is 0.120 e. The van der Waals surface area contributed by atoms with E-state index in [0.717, 1.165) is 17.7 Å². The van der Waals surface area contributed by atoms with Gasteiger partial charge < -0.3 is 9.73 Å². The molecule has 0 spiro atoms. The van der Waals surface area contributed by atoms with Crippen LogP contribution in [0.15, 0.2) is 41.0 Å². The average molecular weight is 298 g/mol. The van der Waals surface area contributed by atoms with Crippen molar-refractivity contribution in [2.24, 2.45) is 0 Å². The topological polar surface area (TPSA) is 25.2 Å². The molecule has 0 saturated heterocycles. The number of halogens is 2. The number of hydrogen-bond acceptors (Lipinski definition) is 2. The Balaban J connectivity index is 2.13. The fourth-order valence-corrected chi connectivity index (χ4v) is 2.41. The third-order valence-corrected chi connectivity index (χ3v) is 3.91. The van der Waals surface area contributed by atoms with Crippen LogP contribution in [0, 0.1) is 0 Å². The van der Waals surface area contributed by atoms with Crippen LogP contribution in [0.25, 0.3) is 0 Å². The molecule has 1 heterocycles. The summed E-state index contributed by atoms with van der Waals surface area (Å²) in [4.78, 5) is 0. The van der Waals surface area contributed by atoms with Crippen LogP contribution in [0.2, 0.25) is 10.0 Å². The second-order valence-corrected chi connectivity index (χ2v) is 5.35. The number of furan rings is 1. The van der Waals surface area contributed by atoms with Crippen LogP contribution in [-0.4, -0.2) is 0 Å². The minimum absolute atomic E-state index is 0.148. The number of benzene rings is 1. The highest BCUT2D eigenvalue weighted by atomic mass is 35.5. The standard InChI is InChI=1S/C15H17Cl2NO/c1-3-14(11-6-7-12(16)13(17)9-11)18-10(2)15-5-4-8-19-15/h4-10,14,18H,3H2,1-2H3/t10-,14?/m1/s1. The van der Waals surface area contributed by atoms with Gasteiger partial charge in [0.05, 0.1) is 22.4 Å². The van der Waals surface area contributed by atoms with Crippen LogP contribution in [0.4, 0.5) is 0 Å². The van der Waals surface area contributed by atoms with Crippen LogP contribution in [0.5, 0.6) is 0 Å². The second kappa shape index (κ2) is 6.47. The fraction of sp³-hybridized carbons (Fsp3) is 0.333. The average Bonchev–Trinajstić information content (AvgIpc) is 2.93. The van der Waals surface area contributed by atoms with Crippen molar-refractivity contribution in [1.29, 1.82) is 0 Å². The molecule has 2 atom stereocenters. The molecule has 0 aliphatic rings. The largest absolute Gasteiger partial charge is 0.468 e. The third-order valence-electron chi connectivity index (χ3n) is 3.18. The SMILES string of the molecule is CCC(N[C@H](C)c1ccco1)c1ccc(Cl)c(Cl)c1. The molecule has 102 valence electrons. The van der Waals surface area contributed by atoms with Gasteiger partial charge in [0.2, 0.25) is 0 Å². The minimum Gasteiger partial charge on any atom is -0.468 e. The summed E-state index contributed by atoms with van der Waals surface area (Å²) in [5, 5.41) is 4.71. The summed E-state index contributed by atoms with van der Waals surface area (Å²) in [5.74, 6) is 0.929. The first kappa shape index (κ1) is 14.4. The Morgan fingerprint density at radius 1 is 1.21 bits per heavy atom. The molecule has 0 radical (unpaired) electrons. The van der Waals surface area contributed by atoms with Crippen LogP contribution in [0.1, 0.15) is 43.7 Å². The molecule has 1 N–H and O–H groups in total. The van der Waals surface area contributed by atoms with E-state index in [9.17, 15) is 0 Å². The zero-order chi connectivity index (χ0) is 13.8. The van der Waals surface area contributed by atoms with E-state index < -0.39 is 0 Å². The van der Waals surface area contributed by atoms with E-state index in [-0.39, 0.29) is 12.1 Å². The molecule has 0 aliphatic carbocycles. The predicted octanol–water partition coefficient (Wildman–Crippen LogP) is 5.39. The summed E-state index contributed by atoms with van der Waals surface area (Å²) in [6.45, 7) is 4.22. The Hall–Kier alpha value is -0.960. The summed E-state index contributed by atoms with van der Waals surface area (Å²) < 4.78 is 5.41. The molecule has 2 rings (SSSR count). The second-order valence-electron chi connectivity index (χ2n) is 4.54. The van der Waals surface area contributed by atoms with Gasteiger partial charge in [0.15, 0.2) is 0 Å². The molecule has 2 nitrogen and oxygen atoms in total. The molecule has 1 aromatic heterocycles. The zero-order valence-electron chi connectivity index (χ0n) is 11.0. The lowest BCUT2D eigenvalue weighted by Gasteiger charge is -2.22.